The standard InChI is InChI=1S/C21H25N5O/c27-21(24-14-15-13-23-19-6-2-1-5-18(15)19)26-17-10-8-16(9-11-17)25-20-7-3-4-12-22-20/h1-7,12-13,16-17,23H,8-11,14H2,(H,22,25)(H2,24,26,27). The summed E-state index contributed by atoms with van der Waals surface area (Å²) in [5.41, 5.74) is 2.19. The van der Waals surface area contributed by atoms with Crippen LogP contribution in [0, 0.1) is 0 Å². The molecule has 4 N–H and O–H groups in total. The molecule has 140 valence electrons. The van der Waals surface area contributed by atoms with Gasteiger partial charge in [0.15, 0.2) is 0 Å². The van der Waals surface area contributed by atoms with E-state index in [2.05, 4.69) is 32.0 Å². The predicted molar refractivity (Wildman–Crippen MR) is 108 cm³/mol. The number of carbonyl (C=O) groups is 1. The van der Waals surface area contributed by atoms with Crippen LogP contribution in [0.25, 0.3) is 10.9 Å². The number of hydrogen-bond donors (Lipinski definition) is 4. The van der Waals surface area contributed by atoms with Crippen LogP contribution in [0.5, 0.6) is 0 Å². The fraction of sp³-hybridized carbons (Fsp3) is 0.333. The number of urea groups is 1. The van der Waals surface area contributed by atoms with Crippen LogP contribution in [0.15, 0.2) is 54.9 Å². The number of amides is 2. The molecule has 0 atom stereocenters. The van der Waals surface area contributed by atoms with E-state index < -0.39 is 0 Å². The van der Waals surface area contributed by atoms with E-state index in [4.69, 9.17) is 0 Å². The molecule has 27 heavy (non-hydrogen) atoms. The summed E-state index contributed by atoms with van der Waals surface area (Å²) in [5, 5.41) is 10.7. The minimum absolute atomic E-state index is 0.0959. The van der Waals surface area contributed by atoms with Crippen molar-refractivity contribution in [2.45, 2.75) is 44.3 Å². The number of nitrogens with one attached hydrogen (secondary N) is 4. The van der Waals surface area contributed by atoms with E-state index in [0.29, 0.717) is 12.6 Å². The van der Waals surface area contributed by atoms with Crippen LogP contribution in [0.2, 0.25) is 0 Å². The molecule has 1 aliphatic carbocycles. The summed E-state index contributed by atoms with van der Waals surface area (Å²) in [6.45, 7) is 0.520. The zero-order chi connectivity index (χ0) is 18.5. The van der Waals surface area contributed by atoms with Gasteiger partial charge in [0.05, 0.1) is 0 Å². The molecule has 6 heteroatoms. The average Bonchev–Trinajstić information content (AvgIpc) is 3.12. The van der Waals surface area contributed by atoms with Gasteiger partial charge in [-0.05, 0) is 49.4 Å². The molecule has 2 aromatic heterocycles. The number of rotatable bonds is 5. The zero-order valence-electron chi connectivity index (χ0n) is 15.2. The number of hydrogen-bond acceptors (Lipinski definition) is 3. The molecule has 1 aromatic carbocycles. The Morgan fingerprint density at radius 1 is 1.04 bits per heavy atom. The molecule has 0 unspecified atom stereocenters. The smallest absolute Gasteiger partial charge is 0.315 e. The van der Waals surface area contributed by atoms with Crippen molar-refractivity contribution in [2.75, 3.05) is 5.32 Å². The molecule has 3 aromatic rings. The van der Waals surface area contributed by atoms with Crippen LogP contribution in [0.4, 0.5) is 10.6 Å². The zero-order valence-corrected chi connectivity index (χ0v) is 15.2. The Hall–Kier alpha value is -3.02. The molecule has 0 spiro atoms. The van der Waals surface area contributed by atoms with Gasteiger partial charge in [0.25, 0.3) is 0 Å². The lowest BCUT2D eigenvalue weighted by Gasteiger charge is -2.30. The number of aromatic nitrogens is 2. The summed E-state index contributed by atoms with van der Waals surface area (Å²) < 4.78 is 0. The lowest BCUT2D eigenvalue weighted by atomic mass is 9.91. The number of pyridine rings is 1. The van der Waals surface area contributed by atoms with E-state index in [1.165, 1.54) is 0 Å². The fourth-order valence-electron chi connectivity index (χ4n) is 3.73. The molecule has 2 heterocycles. The minimum atomic E-state index is -0.0959. The van der Waals surface area contributed by atoms with Gasteiger partial charge in [-0.3, -0.25) is 0 Å². The van der Waals surface area contributed by atoms with Crippen molar-refractivity contribution in [2.24, 2.45) is 0 Å². The third-order valence-corrected chi connectivity index (χ3v) is 5.19. The molecule has 0 radical (unpaired) electrons. The maximum absolute atomic E-state index is 12.3. The normalized spacial score (nSPS) is 19.6. The van der Waals surface area contributed by atoms with Crippen molar-refractivity contribution in [3.8, 4) is 0 Å². The number of benzene rings is 1. The van der Waals surface area contributed by atoms with E-state index in [0.717, 1.165) is 48.0 Å². The quantitative estimate of drug-likeness (QED) is 0.557. The number of fused-ring (bicyclic) bond motifs is 1. The topological polar surface area (TPSA) is 81.8 Å². The molecular weight excluding hydrogens is 338 g/mol. The fourth-order valence-corrected chi connectivity index (χ4v) is 3.73. The summed E-state index contributed by atoms with van der Waals surface area (Å²) in [6, 6.07) is 14.6. The molecule has 1 saturated carbocycles. The van der Waals surface area contributed by atoms with Crippen molar-refractivity contribution >= 4 is 22.8 Å². The number of carbonyl (C=O) groups excluding carboxylic acids is 1. The highest BCUT2D eigenvalue weighted by atomic mass is 16.2. The Morgan fingerprint density at radius 3 is 2.63 bits per heavy atom. The van der Waals surface area contributed by atoms with E-state index in [-0.39, 0.29) is 12.1 Å². The number of anilines is 1. The second-order valence-corrected chi connectivity index (χ2v) is 7.09. The molecule has 0 saturated heterocycles. The van der Waals surface area contributed by atoms with Gasteiger partial charge in [-0.1, -0.05) is 24.3 Å². The van der Waals surface area contributed by atoms with Crippen LogP contribution >= 0.6 is 0 Å². The van der Waals surface area contributed by atoms with Gasteiger partial charge in [0.1, 0.15) is 5.82 Å². The monoisotopic (exact) mass is 363 g/mol. The van der Waals surface area contributed by atoms with Crippen LogP contribution in [-0.4, -0.2) is 28.1 Å². The third kappa shape index (κ3) is 4.39. The molecule has 1 aliphatic rings. The SMILES string of the molecule is O=C(NCc1c[nH]c2ccccc12)NC1CCC(Nc2ccccn2)CC1. The molecule has 0 aliphatic heterocycles. The summed E-state index contributed by atoms with van der Waals surface area (Å²) >= 11 is 0. The summed E-state index contributed by atoms with van der Waals surface area (Å²) in [5.74, 6) is 0.922. The van der Waals surface area contributed by atoms with Crippen LogP contribution in [-0.2, 0) is 6.54 Å². The first-order valence-electron chi connectivity index (χ1n) is 9.55. The number of para-hydroxylation sites is 1. The summed E-state index contributed by atoms with van der Waals surface area (Å²) in [7, 11) is 0. The van der Waals surface area contributed by atoms with Gasteiger partial charge in [-0.15, -0.1) is 0 Å². The van der Waals surface area contributed by atoms with Crippen molar-refractivity contribution in [3.05, 3.63) is 60.4 Å². The van der Waals surface area contributed by atoms with Crippen LogP contribution in [0.1, 0.15) is 31.2 Å². The van der Waals surface area contributed by atoms with Gasteiger partial charge in [-0.2, -0.15) is 0 Å². The highest BCUT2D eigenvalue weighted by Gasteiger charge is 2.22. The lowest BCUT2D eigenvalue weighted by Crippen LogP contribution is -2.44. The Morgan fingerprint density at radius 2 is 1.81 bits per heavy atom. The van der Waals surface area contributed by atoms with Gasteiger partial charge >= 0.3 is 6.03 Å². The maximum atomic E-state index is 12.3. The maximum Gasteiger partial charge on any atom is 0.315 e. The molecular formula is C21H25N5O. The van der Waals surface area contributed by atoms with Gasteiger partial charge in [0, 0.05) is 41.9 Å². The van der Waals surface area contributed by atoms with Crippen molar-refractivity contribution in [1.29, 1.82) is 0 Å². The predicted octanol–water partition coefficient (Wildman–Crippen LogP) is 3.79. The first-order chi connectivity index (χ1) is 13.3. The van der Waals surface area contributed by atoms with E-state index in [9.17, 15) is 4.79 Å². The highest BCUT2D eigenvalue weighted by molar-refractivity contribution is 5.83. The molecule has 1 fully saturated rings. The molecule has 4 rings (SSSR count). The molecule has 2 amide bonds. The third-order valence-electron chi connectivity index (χ3n) is 5.19. The second kappa shape index (κ2) is 8.12. The molecule has 0 bridgehead atoms. The van der Waals surface area contributed by atoms with E-state index >= 15 is 0 Å². The Bertz CT molecular complexity index is 884. The Balaban J connectivity index is 1.21. The second-order valence-electron chi connectivity index (χ2n) is 7.09. The highest BCUT2D eigenvalue weighted by Crippen LogP contribution is 2.21. The van der Waals surface area contributed by atoms with Crippen LogP contribution < -0.4 is 16.0 Å². The first kappa shape index (κ1) is 17.4. The van der Waals surface area contributed by atoms with E-state index in [1.807, 2.05) is 42.6 Å². The van der Waals surface area contributed by atoms with Gasteiger partial charge in [0.2, 0.25) is 0 Å². The van der Waals surface area contributed by atoms with Crippen molar-refractivity contribution in [1.82, 2.24) is 20.6 Å². The van der Waals surface area contributed by atoms with E-state index in [1.54, 1.807) is 6.20 Å². The molecule has 6 nitrogen and oxygen atoms in total. The van der Waals surface area contributed by atoms with Gasteiger partial charge in [-0.25, -0.2) is 9.78 Å². The van der Waals surface area contributed by atoms with Crippen molar-refractivity contribution in [3.63, 3.8) is 0 Å². The van der Waals surface area contributed by atoms with Gasteiger partial charge < -0.3 is 20.9 Å². The number of H-pyrrole nitrogens is 1. The largest absolute Gasteiger partial charge is 0.367 e. The summed E-state index contributed by atoms with van der Waals surface area (Å²) in [6.07, 6.45) is 7.77. The Kier molecular flexibility index (Phi) is 5.23. The number of aromatic amines is 1. The average molecular weight is 363 g/mol. The number of nitrogens with zero attached hydrogens (tertiary/aromatic N) is 1. The minimum Gasteiger partial charge on any atom is -0.367 e. The van der Waals surface area contributed by atoms with Crippen LogP contribution in [0.3, 0.4) is 0 Å². The van der Waals surface area contributed by atoms with Crippen molar-refractivity contribution < 1.29 is 4.79 Å². The lowest BCUT2D eigenvalue weighted by molar-refractivity contribution is 0.231. The summed E-state index contributed by atoms with van der Waals surface area (Å²) in [4.78, 5) is 19.8. The first-order valence-corrected chi connectivity index (χ1v) is 9.55. The Labute approximate surface area is 158 Å².